The number of nitrogens with zero attached hydrogens (tertiary/aromatic N) is 4. The molecule has 1 unspecified atom stereocenters. The maximum atomic E-state index is 11.7. The molecule has 15 heavy (non-hydrogen) atoms. The van der Waals surface area contributed by atoms with Crippen molar-refractivity contribution in [3.8, 4) is 0 Å². The van der Waals surface area contributed by atoms with Gasteiger partial charge in [-0.2, -0.15) is 5.21 Å². The molecule has 1 N–H and O–H groups in total. The van der Waals surface area contributed by atoms with Crippen molar-refractivity contribution in [2.75, 3.05) is 20.2 Å². The fourth-order valence-corrected chi connectivity index (χ4v) is 1.60. The van der Waals surface area contributed by atoms with Crippen LogP contribution in [-0.4, -0.2) is 57.7 Å². The van der Waals surface area contributed by atoms with E-state index in [2.05, 4.69) is 20.6 Å². The minimum Gasteiger partial charge on any atom is -0.376 e. The summed E-state index contributed by atoms with van der Waals surface area (Å²) in [5.41, 5.74) is 0. The van der Waals surface area contributed by atoms with Crippen LogP contribution in [0.4, 0.5) is 0 Å². The molecule has 0 spiro atoms. The number of likely N-dealkylation sites (N-methyl/N-ethyl adjacent to an activating group) is 1. The molecule has 0 saturated carbocycles. The quantitative estimate of drug-likeness (QED) is 0.725. The molecule has 1 aromatic heterocycles. The van der Waals surface area contributed by atoms with Crippen molar-refractivity contribution in [3.05, 3.63) is 5.82 Å². The molecule has 2 rings (SSSR count). The first-order valence-corrected chi connectivity index (χ1v) is 4.88. The first-order valence-electron chi connectivity index (χ1n) is 4.88. The number of nitrogens with one attached hydrogen (secondary N) is 1. The summed E-state index contributed by atoms with van der Waals surface area (Å²) in [6, 6.07) is 0. The molecule has 7 heteroatoms. The van der Waals surface area contributed by atoms with Gasteiger partial charge in [0.25, 0.3) is 11.7 Å². The van der Waals surface area contributed by atoms with Gasteiger partial charge in [0.1, 0.15) is 0 Å². The maximum absolute atomic E-state index is 11.7. The minimum atomic E-state index is -0.237. The van der Waals surface area contributed by atoms with Crippen molar-refractivity contribution in [1.82, 2.24) is 25.5 Å². The normalized spacial score (nSPS) is 20.5. The summed E-state index contributed by atoms with van der Waals surface area (Å²) < 4.78 is 5.43. The number of amides is 1. The van der Waals surface area contributed by atoms with E-state index in [1.807, 2.05) is 0 Å². The molecule has 82 valence electrons. The molecule has 1 aliphatic rings. The largest absolute Gasteiger partial charge is 0.376 e. The number of carbonyl (C=O) groups excluding carboxylic acids is 1. The fraction of sp³-hybridized carbons (Fsp3) is 0.750. The number of aromatic amines is 1. The Labute approximate surface area is 86.8 Å². The monoisotopic (exact) mass is 211 g/mol. The molecule has 0 bridgehead atoms. The summed E-state index contributed by atoms with van der Waals surface area (Å²) in [5, 5.41) is 12.9. The second kappa shape index (κ2) is 4.35. The molecule has 1 aliphatic heterocycles. The predicted molar refractivity (Wildman–Crippen MR) is 50.1 cm³/mol. The number of hydrogen-bond acceptors (Lipinski definition) is 5. The molecule has 2 heterocycles. The van der Waals surface area contributed by atoms with Crippen LogP contribution in [0.5, 0.6) is 0 Å². The van der Waals surface area contributed by atoms with Crippen LogP contribution < -0.4 is 0 Å². The van der Waals surface area contributed by atoms with Crippen molar-refractivity contribution >= 4 is 5.91 Å². The lowest BCUT2D eigenvalue weighted by atomic mass is 10.2. The smallest absolute Gasteiger partial charge is 0.295 e. The average molecular weight is 211 g/mol. The van der Waals surface area contributed by atoms with E-state index in [1.54, 1.807) is 11.9 Å². The van der Waals surface area contributed by atoms with Crippen LogP contribution in [0.2, 0.25) is 0 Å². The molecular weight excluding hydrogens is 198 g/mol. The Bertz CT molecular complexity index is 320. The summed E-state index contributed by atoms with van der Waals surface area (Å²) in [4.78, 5) is 13.2. The summed E-state index contributed by atoms with van der Waals surface area (Å²) in [7, 11) is 1.71. The second-order valence-electron chi connectivity index (χ2n) is 3.56. The molecule has 1 fully saturated rings. The van der Waals surface area contributed by atoms with Crippen LogP contribution in [0, 0.1) is 0 Å². The minimum absolute atomic E-state index is 0.0931. The third-order valence-corrected chi connectivity index (χ3v) is 2.38. The van der Waals surface area contributed by atoms with E-state index in [0.717, 1.165) is 19.4 Å². The molecule has 7 nitrogen and oxygen atoms in total. The topological polar surface area (TPSA) is 84.0 Å². The number of tetrazole rings is 1. The van der Waals surface area contributed by atoms with Gasteiger partial charge in [0.2, 0.25) is 0 Å². The number of hydrogen-bond donors (Lipinski definition) is 1. The zero-order chi connectivity index (χ0) is 10.7. The molecule has 1 amide bonds. The maximum Gasteiger partial charge on any atom is 0.295 e. The molecular formula is C8H13N5O2. The molecule has 1 aromatic rings. The number of H-pyrrole nitrogens is 1. The summed E-state index contributed by atoms with van der Waals surface area (Å²) in [6.07, 6.45) is 2.21. The fourth-order valence-electron chi connectivity index (χ4n) is 1.60. The lowest BCUT2D eigenvalue weighted by Crippen LogP contribution is -2.34. The highest BCUT2D eigenvalue weighted by molar-refractivity contribution is 5.89. The zero-order valence-electron chi connectivity index (χ0n) is 8.51. The second-order valence-corrected chi connectivity index (χ2v) is 3.56. The summed E-state index contributed by atoms with van der Waals surface area (Å²) >= 11 is 0. The van der Waals surface area contributed by atoms with E-state index in [0.29, 0.717) is 6.54 Å². The van der Waals surface area contributed by atoms with Crippen molar-refractivity contribution in [3.63, 3.8) is 0 Å². The number of carbonyl (C=O) groups is 1. The highest BCUT2D eigenvalue weighted by atomic mass is 16.5. The van der Waals surface area contributed by atoms with Crippen LogP contribution in [0.1, 0.15) is 23.5 Å². The van der Waals surface area contributed by atoms with Gasteiger partial charge in [0.15, 0.2) is 0 Å². The first-order chi connectivity index (χ1) is 7.27. The number of rotatable bonds is 3. The van der Waals surface area contributed by atoms with Gasteiger partial charge in [0, 0.05) is 20.2 Å². The Balaban J connectivity index is 1.90. The third kappa shape index (κ3) is 2.30. The van der Waals surface area contributed by atoms with Gasteiger partial charge < -0.3 is 9.64 Å². The van der Waals surface area contributed by atoms with Gasteiger partial charge >= 0.3 is 0 Å². The van der Waals surface area contributed by atoms with E-state index >= 15 is 0 Å². The predicted octanol–water partition coefficient (Wildman–Crippen LogP) is -0.549. The standard InChI is InChI=1S/C8H13N5O2/c1-13(5-6-3-2-4-15-6)8(14)7-9-11-12-10-7/h6H,2-5H2,1H3,(H,9,10,11,12). The molecule has 0 aliphatic carbocycles. The average Bonchev–Trinajstić information content (AvgIpc) is 2.88. The Kier molecular flexibility index (Phi) is 2.91. The van der Waals surface area contributed by atoms with Crippen LogP contribution in [-0.2, 0) is 4.74 Å². The molecule has 1 saturated heterocycles. The Morgan fingerprint density at radius 1 is 1.73 bits per heavy atom. The van der Waals surface area contributed by atoms with Gasteiger partial charge in [-0.25, -0.2) is 0 Å². The van der Waals surface area contributed by atoms with E-state index in [1.165, 1.54) is 0 Å². The summed E-state index contributed by atoms with van der Waals surface area (Å²) in [6.45, 7) is 1.36. The first kappa shape index (κ1) is 10.0. The van der Waals surface area contributed by atoms with E-state index in [9.17, 15) is 4.79 Å². The molecule has 0 aromatic carbocycles. The van der Waals surface area contributed by atoms with Gasteiger partial charge in [-0.15, -0.1) is 10.2 Å². The molecule has 1 atom stereocenters. The van der Waals surface area contributed by atoms with E-state index < -0.39 is 0 Å². The Morgan fingerprint density at radius 3 is 3.20 bits per heavy atom. The SMILES string of the molecule is CN(CC1CCCO1)C(=O)c1nn[nH]n1. The van der Waals surface area contributed by atoms with Crippen molar-refractivity contribution in [1.29, 1.82) is 0 Å². The van der Waals surface area contributed by atoms with Crippen LogP contribution in [0.15, 0.2) is 0 Å². The van der Waals surface area contributed by atoms with Gasteiger partial charge in [-0.05, 0) is 18.1 Å². The Hall–Kier alpha value is -1.50. The zero-order valence-corrected chi connectivity index (χ0v) is 8.51. The summed E-state index contributed by atoms with van der Waals surface area (Å²) in [5.74, 6) is -0.144. The number of ether oxygens (including phenoxy) is 1. The highest BCUT2D eigenvalue weighted by Gasteiger charge is 2.22. The number of aromatic nitrogens is 4. The van der Waals surface area contributed by atoms with Crippen LogP contribution >= 0.6 is 0 Å². The van der Waals surface area contributed by atoms with Gasteiger partial charge in [0.05, 0.1) is 6.10 Å². The van der Waals surface area contributed by atoms with Gasteiger partial charge in [-0.1, -0.05) is 0 Å². The highest BCUT2D eigenvalue weighted by Crippen LogP contribution is 2.13. The third-order valence-electron chi connectivity index (χ3n) is 2.38. The van der Waals surface area contributed by atoms with E-state index in [4.69, 9.17) is 4.74 Å². The van der Waals surface area contributed by atoms with Crippen LogP contribution in [0.3, 0.4) is 0 Å². The van der Waals surface area contributed by atoms with Crippen molar-refractivity contribution < 1.29 is 9.53 Å². The van der Waals surface area contributed by atoms with Crippen molar-refractivity contribution in [2.45, 2.75) is 18.9 Å². The molecule has 0 radical (unpaired) electrons. The van der Waals surface area contributed by atoms with Crippen LogP contribution in [0.25, 0.3) is 0 Å². The van der Waals surface area contributed by atoms with E-state index in [-0.39, 0.29) is 17.8 Å². The Morgan fingerprint density at radius 2 is 2.60 bits per heavy atom. The van der Waals surface area contributed by atoms with Crippen molar-refractivity contribution in [2.24, 2.45) is 0 Å². The lowest BCUT2D eigenvalue weighted by molar-refractivity contribution is 0.0578. The van der Waals surface area contributed by atoms with Gasteiger partial charge in [-0.3, -0.25) is 4.79 Å². The lowest BCUT2D eigenvalue weighted by Gasteiger charge is -2.18.